The topological polar surface area (TPSA) is 150 Å². The fourth-order valence-electron chi connectivity index (χ4n) is 3.12. The van der Waals surface area contributed by atoms with Crippen molar-refractivity contribution in [3.05, 3.63) is 60.0 Å². The van der Waals surface area contributed by atoms with Crippen molar-refractivity contribution in [3.8, 4) is 6.57 Å². The number of aliphatic carboxylic acids is 1. The van der Waals surface area contributed by atoms with E-state index >= 15 is 0 Å². The molecule has 0 spiro atoms. The van der Waals surface area contributed by atoms with E-state index in [1.165, 1.54) is 6.33 Å². The maximum absolute atomic E-state index is 12.4. The zero-order valence-electron chi connectivity index (χ0n) is 16.9. The highest BCUT2D eigenvalue weighted by Gasteiger charge is 2.28. The number of aliphatic hydroxyl groups excluding tert-OH is 1. The third-order valence-corrected chi connectivity index (χ3v) is 4.39. The van der Waals surface area contributed by atoms with E-state index < -0.39 is 5.97 Å². The zero-order valence-corrected chi connectivity index (χ0v) is 16.9. The Labute approximate surface area is 178 Å². The zero-order chi connectivity index (χ0) is 22.8. The number of carbonyl (C=O) groups is 2. The number of carboxylic acids is 1. The summed E-state index contributed by atoms with van der Waals surface area (Å²) in [4.78, 5) is 25.6. The summed E-state index contributed by atoms with van der Waals surface area (Å²) in [6.07, 6.45) is 2.81. The molecule has 1 fully saturated rings. The smallest absolute Gasteiger partial charge is 0.300 e. The average molecular weight is 425 g/mol. The van der Waals surface area contributed by atoms with E-state index in [9.17, 15) is 9.90 Å². The molecule has 3 N–H and O–H groups in total. The van der Waals surface area contributed by atoms with Crippen molar-refractivity contribution in [2.75, 3.05) is 11.9 Å². The van der Waals surface area contributed by atoms with Gasteiger partial charge in [0.1, 0.15) is 17.9 Å². The van der Waals surface area contributed by atoms with Crippen LogP contribution < -0.4 is 5.32 Å². The first-order chi connectivity index (χ1) is 15.0. The number of rotatable bonds is 4. The number of amides is 1. The molecule has 0 bridgehead atoms. The van der Waals surface area contributed by atoms with Crippen LogP contribution in [-0.4, -0.2) is 49.4 Å². The number of ether oxygens (including phenoxy) is 1. The molecule has 1 saturated heterocycles. The Hall–Kier alpha value is -3.81. The van der Waals surface area contributed by atoms with Crippen molar-refractivity contribution in [1.82, 2.24) is 14.6 Å². The van der Waals surface area contributed by atoms with Gasteiger partial charge < -0.3 is 20.3 Å². The molecule has 162 valence electrons. The van der Waals surface area contributed by atoms with Crippen LogP contribution in [-0.2, 0) is 9.53 Å². The number of nitrogens with one attached hydrogen (secondary N) is 1. The number of carbonyl (C=O) groups excluding carboxylic acids is 1. The van der Waals surface area contributed by atoms with Gasteiger partial charge in [-0.1, -0.05) is 18.2 Å². The Morgan fingerprint density at radius 3 is 2.52 bits per heavy atom. The number of anilines is 1. The van der Waals surface area contributed by atoms with E-state index in [1.54, 1.807) is 16.6 Å². The van der Waals surface area contributed by atoms with Crippen molar-refractivity contribution in [3.63, 3.8) is 0 Å². The number of hydrogen-bond donors (Lipinski definition) is 3. The van der Waals surface area contributed by atoms with Gasteiger partial charge in [-0.15, -0.1) is 0 Å². The van der Waals surface area contributed by atoms with E-state index in [0.717, 1.165) is 25.5 Å². The number of hydrogen-bond acceptors (Lipinski definition) is 7. The molecule has 3 heterocycles. The van der Waals surface area contributed by atoms with E-state index in [1.807, 2.05) is 30.3 Å². The molecule has 0 radical (unpaired) electrons. The number of fused-ring (bicyclic) bond motifs is 1. The second-order valence-electron chi connectivity index (χ2n) is 6.51. The normalized spacial score (nSPS) is 17.0. The summed E-state index contributed by atoms with van der Waals surface area (Å²) >= 11 is 0. The molecule has 0 aliphatic carbocycles. The van der Waals surface area contributed by atoms with Gasteiger partial charge in [-0.3, -0.25) is 9.59 Å². The fraction of sp³-hybridized carbons (Fsp3) is 0.286. The standard InChI is InChI=1S/C18H18N4O3.C2H4O2.CHN/c23-10-13-6-9-16(25-13)14-7-8-15-17(19-11-20-22(14)15)21-18(24)12-4-2-1-3-5-12;1-2(3)4;1-2/h1-5,7-8,11,13,16,23H,6,9-10H2,(H,19,20,21,24);1H3,(H,3,4);1H. The van der Waals surface area contributed by atoms with Gasteiger partial charge in [-0.25, -0.2) is 14.8 Å². The van der Waals surface area contributed by atoms with Crippen molar-refractivity contribution >= 4 is 23.2 Å². The van der Waals surface area contributed by atoms with Gasteiger partial charge in [0.15, 0.2) is 5.82 Å². The molecule has 31 heavy (non-hydrogen) atoms. The molecular weight excluding hydrogens is 402 g/mol. The lowest BCUT2D eigenvalue weighted by molar-refractivity contribution is -0.134. The lowest BCUT2D eigenvalue weighted by atomic mass is 10.1. The van der Waals surface area contributed by atoms with Crippen LogP contribution in [0, 0.1) is 11.8 Å². The van der Waals surface area contributed by atoms with Gasteiger partial charge in [0.05, 0.1) is 18.4 Å². The van der Waals surface area contributed by atoms with E-state index in [0.29, 0.717) is 16.9 Å². The minimum atomic E-state index is -0.833. The lowest BCUT2D eigenvalue weighted by Crippen LogP contribution is -2.15. The van der Waals surface area contributed by atoms with Crippen molar-refractivity contribution in [1.29, 1.82) is 5.26 Å². The van der Waals surface area contributed by atoms with Crippen LogP contribution in [0.25, 0.3) is 5.52 Å². The predicted molar refractivity (Wildman–Crippen MR) is 111 cm³/mol. The highest BCUT2D eigenvalue weighted by molar-refractivity contribution is 6.05. The highest BCUT2D eigenvalue weighted by Crippen LogP contribution is 2.33. The summed E-state index contributed by atoms with van der Waals surface area (Å²) in [6.45, 7) is 4.60. The largest absolute Gasteiger partial charge is 0.481 e. The molecule has 2 aromatic heterocycles. The SMILES string of the molecule is C#N.CC(=O)O.O=C(Nc1ncnn2c(C3CCC(CO)O3)ccc12)c1ccccc1. The van der Waals surface area contributed by atoms with Crippen LogP contribution in [0.15, 0.2) is 48.8 Å². The summed E-state index contributed by atoms with van der Waals surface area (Å²) < 4.78 is 7.57. The Kier molecular flexibility index (Phi) is 8.63. The number of aliphatic hydroxyl groups is 1. The van der Waals surface area contributed by atoms with Gasteiger partial charge in [0, 0.05) is 19.1 Å². The first-order valence-corrected chi connectivity index (χ1v) is 9.40. The second kappa shape index (κ2) is 11.4. The summed E-state index contributed by atoms with van der Waals surface area (Å²) in [6, 6.07) is 12.8. The first kappa shape index (κ1) is 23.5. The molecule has 1 aliphatic heterocycles. The third-order valence-electron chi connectivity index (χ3n) is 4.39. The molecule has 10 heteroatoms. The first-order valence-electron chi connectivity index (χ1n) is 9.40. The van der Waals surface area contributed by atoms with Crippen LogP contribution in [0.5, 0.6) is 0 Å². The Morgan fingerprint density at radius 2 is 1.90 bits per heavy atom. The number of benzene rings is 1. The van der Waals surface area contributed by atoms with Crippen molar-refractivity contribution in [2.45, 2.75) is 32.0 Å². The third kappa shape index (κ3) is 6.08. The fourth-order valence-corrected chi connectivity index (χ4v) is 3.12. The minimum absolute atomic E-state index is 0.0210. The monoisotopic (exact) mass is 425 g/mol. The average Bonchev–Trinajstić information content (AvgIpc) is 3.42. The van der Waals surface area contributed by atoms with E-state index in [2.05, 4.69) is 22.0 Å². The maximum atomic E-state index is 12.4. The number of carboxylic acid groups (broad SMARTS) is 1. The van der Waals surface area contributed by atoms with Gasteiger partial charge in [0.2, 0.25) is 0 Å². The van der Waals surface area contributed by atoms with Gasteiger partial charge >= 0.3 is 0 Å². The molecule has 10 nitrogen and oxygen atoms in total. The summed E-state index contributed by atoms with van der Waals surface area (Å²) in [5.41, 5.74) is 2.16. The van der Waals surface area contributed by atoms with E-state index in [4.69, 9.17) is 19.9 Å². The van der Waals surface area contributed by atoms with Crippen molar-refractivity contribution < 1.29 is 24.5 Å². The van der Waals surface area contributed by atoms with Gasteiger partial charge in [-0.05, 0) is 37.1 Å². The number of nitrogens with zero attached hydrogens (tertiary/aromatic N) is 4. The summed E-state index contributed by atoms with van der Waals surface area (Å²) in [5, 5.41) is 30.3. The molecular formula is C21H23N5O5. The Balaban J connectivity index is 0.000000513. The number of nitriles is 1. The Bertz CT molecular complexity index is 1030. The van der Waals surface area contributed by atoms with Crippen LogP contribution in [0.3, 0.4) is 0 Å². The summed E-state index contributed by atoms with van der Waals surface area (Å²) in [7, 11) is 0. The van der Waals surface area contributed by atoms with Crippen LogP contribution in [0.1, 0.15) is 41.9 Å². The Morgan fingerprint density at radius 1 is 1.23 bits per heavy atom. The minimum Gasteiger partial charge on any atom is -0.481 e. The number of aromatic nitrogens is 3. The lowest BCUT2D eigenvalue weighted by Gasteiger charge is -2.12. The van der Waals surface area contributed by atoms with E-state index in [-0.39, 0.29) is 24.7 Å². The molecule has 2 unspecified atom stereocenters. The van der Waals surface area contributed by atoms with Crippen LogP contribution in [0.4, 0.5) is 5.82 Å². The molecule has 2 atom stereocenters. The van der Waals surface area contributed by atoms with Crippen molar-refractivity contribution in [2.24, 2.45) is 0 Å². The molecule has 3 aromatic rings. The molecule has 1 aromatic carbocycles. The van der Waals surface area contributed by atoms with Gasteiger partial charge in [0.25, 0.3) is 11.9 Å². The van der Waals surface area contributed by atoms with Crippen LogP contribution in [0.2, 0.25) is 0 Å². The van der Waals surface area contributed by atoms with Gasteiger partial charge in [-0.2, -0.15) is 5.10 Å². The molecule has 1 aliphatic rings. The highest BCUT2D eigenvalue weighted by atomic mass is 16.5. The predicted octanol–water partition coefficient (Wildman–Crippen LogP) is 2.42. The van der Waals surface area contributed by atoms with Crippen LogP contribution >= 0.6 is 0 Å². The maximum Gasteiger partial charge on any atom is 0.300 e. The summed E-state index contributed by atoms with van der Waals surface area (Å²) in [5.74, 6) is -0.604. The second-order valence-corrected chi connectivity index (χ2v) is 6.51. The molecule has 0 saturated carbocycles. The molecule has 4 rings (SSSR count). The molecule has 1 amide bonds. The quantitative estimate of drug-likeness (QED) is 0.577.